The molecule has 4 aliphatic rings. The number of benzene rings is 15. The van der Waals surface area contributed by atoms with E-state index in [9.17, 15) is 0 Å². The molecule has 16 aromatic rings. The fourth-order valence-electron chi connectivity index (χ4n) is 22.5. The van der Waals surface area contributed by atoms with Crippen molar-refractivity contribution in [1.82, 2.24) is 19.8 Å². The first-order chi connectivity index (χ1) is 63.6. The van der Waals surface area contributed by atoms with Crippen molar-refractivity contribution in [2.75, 3.05) is 41.5 Å². The van der Waals surface area contributed by atoms with E-state index in [0.29, 0.717) is 52.7 Å². The summed E-state index contributed by atoms with van der Waals surface area (Å²) >= 11 is 0. The summed E-state index contributed by atoms with van der Waals surface area (Å²) in [4.78, 5) is 15.0. The summed E-state index contributed by atoms with van der Waals surface area (Å²) in [7, 11) is 7.00. The number of rotatable bonds is 15. The summed E-state index contributed by atoms with van der Waals surface area (Å²) in [6.45, 7) is 33.8. The van der Waals surface area contributed by atoms with Gasteiger partial charge < -0.3 is 9.80 Å². The smallest absolute Gasteiger partial charge is 0.0899 e. The number of aromatic nitrogens is 2. The number of fused-ring (bicyclic) bond motifs is 15. The summed E-state index contributed by atoms with van der Waals surface area (Å²) < 4.78 is 0. The molecule has 3 aliphatic carbocycles. The van der Waals surface area contributed by atoms with Gasteiger partial charge in [-0.2, -0.15) is 0 Å². The molecule has 4 unspecified atom stereocenters. The van der Waals surface area contributed by atoms with Crippen molar-refractivity contribution in [3.8, 4) is 22.3 Å². The Labute approximate surface area is 813 Å². The van der Waals surface area contributed by atoms with E-state index in [2.05, 4.69) is 474 Å². The Balaban J connectivity index is 0.000000139. The molecule has 20 rings (SSSR count). The minimum atomic E-state index is -0.574. The molecule has 1 aromatic heterocycles. The third-order valence-electron chi connectivity index (χ3n) is 29.2. The van der Waals surface area contributed by atoms with Crippen LogP contribution in [-0.4, -0.2) is 88.1 Å². The Morgan fingerprint density at radius 1 is 0.331 bits per heavy atom. The Hall–Kier alpha value is -8.73. The second-order valence-corrected chi connectivity index (χ2v) is 55.7. The molecule has 15 aromatic carbocycles. The van der Waals surface area contributed by atoms with Crippen LogP contribution in [0.25, 0.3) is 76.4 Å². The van der Waals surface area contributed by atoms with Crippen molar-refractivity contribution in [3.63, 3.8) is 0 Å². The van der Waals surface area contributed by atoms with Gasteiger partial charge in [0, 0.05) is 34.8 Å². The zero-order valence-corrected chi connectivity index (χ0v) is 87.3. The Morgan fingerprint density at radius 2 is 0.639 bits per heavy atom. The molecule has 0 saturated heterocycles. The van der Waals surface area contributed by atoms with Crippen LogP contribution in [-0.2, 0) is 29.7 Å². The molecule has 2 heterocycles. The molecule has 10 heteroatoms. The van der Waals surface area contributed by atoms with Crippen molar-refractivity contribution in [2.24, 2.45) is 23.2 Å². The van der Waals surface area contributed by atoms with Crippen LogP contribution in [0.1, 0.15) is 179 Å². The van der Waals surface area contributed by atoms with E-state index in [0.717, 1.165) is 23.6 Å². The number of hydrogen-bond donors (Lipinski definition) is 0. The molecule has 0 radical (unpaired) electrons. The van der Waals surface area contributed by atoms with Crippen molar-refractivity contribution < 1.29 is 17.1 Å². The van der Waals surface area contributed by atoms with E-state index < -0.39 is 7.92 Å². The van der Waals surface area contributed by atoms with E-state index in [4.69, 9.17) is 9.97 Å². The third-order valence-corrected chi connectivity index (χ3v) is 45.0. The molecule has 682 valence electrons. The van der Waals surface area contributed by atoms with Crippen LogP contribution >= 0.6 is 39.6 Å². The SMILES string of the molecule is CC(C)(C)[C@@H]1Cc2ccc3ccccc3c2-c2c(ccc3ccccc23)[C@H]1[C@@H]1c2ccc3ccccc3c2-c2c(ccc3ccccc23)C[P@@]1C(C)(C)C.CN(C)[C@H](c1ccccc1)C1CCCC1P(c1ccccc1)c1ccccc1.CN(C)[C@H](c1ccccc1)C1CCCC1P(c1ccccc1)c1ccccc1.C[P@@](c1nc2ccccc2nc1[P@](C)C(C)(C)C)C(C)(C)C.[Fe]. The minimum absolute atomic E-state index is 0. The van der Waals surface area contributed by atoms with Gasteiger partial charge in [-0.05, 0) is 284 Å². The van der Waals surface area contributed by atoms with Gasteiger partial charge in [0.2, 0.25) is 0 Å². The molecule has 0 bridgehead atoms. The average Bonchev–Trinajstić information content (AvgIpc) is 1.55. The van der Waals surface area contributed by atoms with Gasteiger partial charge in [-0.3, -0.25) is 0 Å². The summed E-state index contributed by atoms with van der Waals surface area (Å²) in [5.74, 6) is 2.09. The standard InChI is InChI=1S/C53H49P.2C26H30NP.C18H28N2P2.Fe/c1-52(2,3)45-31-37-25-23-33-15-7-11-19-39(33)46(37)48-41-21-13-9-17-35(41)27-29-43(48)50(45)51-44-30-28-36-18-10-14-22-42(36)49(44)47-38(32-54(51)53(4,5)6)26-24-34-16-8-12-20-40(34)47;2*1-27(2)26(21-13-6-3-7-14-21)24-19-12-20-25(24)28(22-15-8-4-9-16-22)23-17-10-5-11-18-23;1-17(2,3)21(7)15-16(22(8)18(4,5)6)20-14-12-10-9-11-13(14)19-15;/h7-30,45,50-51H,31-32H2,1-6H3;2*3-11,13-18,24-26H,12,19-20H2,1-2H3;9-12H,1-8H3;/t45-,50-,51+,54-;2*24?,25?,26-;21-,22-;/m1110./s1. The first-order valence-corrected chi connectivity index (χ1v) is 56.4. The fourth-order valence-corrected chi connectivity index (χ4v) is 35.7. The molecule has 0 spiro atoms. The second-order valence-electron chi connectivity index (χ2n) is 42.0. The maximum atomic E-state index is 5.06. The van der Waals surface area contributed by atoms with E-state index in [-0.39, 0.29) is 69.6 Å². The summed E-state index contributed by atoms with van der Waals surface area (Å²) in [5.41, 5.74) is 21.3. The zero-order chi connectivity index (χ0) is 92.3. The average molecular weight is 1880 g/mol. The van der Waals surface area contributed by atoms with Crippen LogP contribution in [0, 0.1) is 23.2 Å². The maximum Gasteiger partial charge on any atom is 0.0899 e. The van der Waals surface area contributed by atoms with Gasteiger partial charge in [-0.25, -0.2) is 9.97 Å². The van der Waals surface area contributed by atoms with Crippen LogP contribution in [0.15, 0.2) is 352 Å². The van der Waals surface area contributed by atoms with Crippen molar-refractivity contribution in [1.29, 1.82) is 0 Å². The maximum absolute atomic E-state index is 5.06. The van der Waals surface area contributed by atoms with E-state index in [1.54, 1.807) is 11.1 Å². The van der Waals surface area contributed by atoms with Gasteiger partial charge in [0.15, 0.2) is 0 Å². The molecule has 0 N–H and O–H groups in total. The topological polar surface area (TPSA) is 32.3 Å². The normalized spacial score (nSPS) is 19.4. The van der Waals surface area contributed by atoms with Crippen LogP contribution in [0.5, 0.6) is 0 Å². The predicted octanol–water partition coefficient (Wildman–Crippen LogP) is 31.4. The molecule has 2 saturated carbocycles. The van der Waals surface area contributed by atoms with Crippen molar-refractivity contribution in [3.05, 3.63) is 385 Å². The van der Waals surface area contributed by atoms with Gasteiger partial charge in [-0.15, -0.1) is 0 Å². The molecule has 2 fully saturated rings. The van der Waals surface area contributed by atoms with Crippen LogP contribution in [0.4, 0.5) is 0 Å². The molecular formula is C123H137FeN4P5. The Bertz CT molecular complexity index is 6130. The zero-order valence-electron chi connectivity index (χ0n) is 81.7. The third kappa shape index (κ3) is 20.9. The van der Waals surface area contributed by atoms with Gasteiger partial charge in [-0.1, -0.05) is 459 Å². The van der Waals surface area contributed by atoms with Crippen molar-refractivity contribution >= 4 is 126 Å². The summed E-state index contributed by atoms with van der Waals surface area (Å²) in [6, 6.07) is 133. The molecule has 1 aliphatic heterocycles. The number of nitrogens with zero attached hydrogens (tertiary/aromatic N) is 4. The predicted molar refractivity (Wildman–Crippen MR) is 586 cm³/mol. The van der Waals surface area contributed by atoms with E-state index >= 15 is 0 Å². The van der Waals surface area contributed by atoms with Crippen LogP contribution in [0.2, 0.25) is 0 Å². The van der Waals surface area contributed by atoms with Gasteiger partial charge >= 0.3 is 0 Å². The quantitative estimate of drug-likeness (QED) is 0.0756. The summed E-state index contributed by atoms with van der Waals surface area (Å²) in [5, 5.41) is 17.5. The molecule has 133 heavy (non-hydrogen) atoms. The summed E-state index contributed by atoms with van der Waals surface area (Å²) in [6.07, 6.45) is 10.1. The largest absolute Gasteiger partial charge is 0.302 e. The fraction of sp³-hybridized carbons (Fsp3) is 0.317. The second kappa shape index (κ2) is 42.1. The van der Waals surface area contributed by atoms with Crippen LogP contribution < -0.4 is 32.1 Å². The van der Waals surface area contributed by atoms with Crippen LogP contribution in [0.3, 0.4) is 0 Å². The molecule has 0 amide bonds. The number of para-hydroxylation sites is 2. The van der Waals surface area contributed by atoms with E-state index in [1.165, 1.54) is 158 Å². The van der Waals surface area contributed by atoms with Gasteiger partial charge in [0.1, 0.15) is 0 Å². The Kier molecular flexibility index (Phi) is 30.8. The monoisotopic (exact) mass is 1880 g/mol. The molecule has 4 nitrogen and oxygen atoms in total. The first-order valence-electron chi connectivity index (χ1n) is 48.4. The minimum Gasteiger partial charge on any atom is -0.302 e. The Morgan fingerprint density at radius 3 is 0.992 bits per heavy atom. The molecular weight excluding hydrogens is 1740 g/mol. The molecule has 12 atom stereocenters. The first kappa shape index (κ1) is 97.4. The number of hydrogen-bond acceptors (Lipinski definition) is 4. The van der Waals surface area contributed by atoms with Gasteiger partial charge in [0.05, 0.1) is 21.9 Å². The van der Waals surface area contributed by atoms with Crippen molar-refractivity contribution in [2.45, 2.75) is 185 Å². The van der Waals surface area contributed by atoms with E-state index in [1.807, 2.05) is 12.1 Å². The van der Waals surface area contributed by atoms with Gasteiger partial charge in [0.25, 0.3) is 0 Å².